The van der Waals surface area contributed by atoms with Crippen LogP contribution in [0.1, 0.15) is 69.5 Å². The quantitative estimate of drug-likeness (QED) is 0.840. The lowest BCUT2D eigenvalue weighted by Crippen LogP contribution is -2.16. The van der Waals surface area contributed by atoms with Crippen LogP contribution in [0.15, 0.2) is 12.1 Å². The van der Waals surface area contributed by atoms with Crippen molar-refractivity contribution in [1.82, 2.24) is 4.98 Å². The van der Waals surface area contributed by atoms with Gasteiger partial charge in [0.05, 0.1) is 0 Å². The summed E-state index contributed by atoms with van der Waals surface area (Å²) >= 11 is 0. The smallest absolute Gasteiger partial charge is 0.214 e. The van der Waals surface area contributed by atoms with E-state index in [9.17, 15) is 0 Å². The standard InChI is InChI=1S/C16H26N2O/c1-12(2)15-9-13(11-17)10-16(18-15)19-14-7-5-3-4-6-8-14/h9-10,12,14H,3-8,11,17H2,1-2H3. The molecule has 2 N–H and O–H groups in total. The lowest BCUT2D eigenvalue weighted by molar-refractivity contribution is 0.175. The number of hydrogen-bond donors (Lipinski definition) is 1. The molecular weight excluding hydrogens is 236 g/mol. The summed E-state index contributed by atoms with van der Waals surface area (Å²) in [5.74, 6) is 1.17. The third kappa shape index (κ3) is 4.20. The average Bonchev–Trinajstić information content (AvgIpc) is 2.67. The fourth-order valence-corrected chi connectivity index (χ4v) is 2.59. The number of hydrogen-bond acceptors (Lipinski definition) is 3. The minimum Gasteiger partial charge on any atom is -0.474 e. The number of nitrogens with two attached hydrogens (primary N) is 1. The van der Waals surface area contributed by atoms with Gasteiger partial charge in [-0.05, 0) is 43.2 Å². The van der Waals surface area contributed by atoms with Crippen LogP contribution in [-0.2, 0) is 6.54 Å². The molecule has 1 fully saturated rings. The Morgan fingerprint density at radius 2 is 1.89 bits per heavy atom. The highest BCUT2D eigenvalue weighted by Gasteiger charge is 2.15. The zero-order valence-corrected chi connectivity index (χ0v) is 12.2. The molecule has 1 saturated carbocycles. The van der Waals surface area contributed by atoms with E-state index in [0.29, 0.717) is 18.6 Å². The first-order chi connectivity index (χ1) is 9.19. The molecule has 2 rings (SSSR count). The van der Waals surface area contributed by atoms with E-state index in [4.69, 9.17) is 10.5 Å². The van der Waals surface area contributed by atoms with Crippen molar-refractivity contribution in [3.8, 4) is 5.88 Å². The highest BCUT2D eigenvalue weighted by atomic mass is 16.5. The molecule has 0 unspecified atom stereocenters. The Balaban J connectivity index is 2.11. The Hall–Kier alpha value is -1.09. The van der Waals surface area contributed by atoms with Gasteiger partial charge in [0.15, 0.2) is 0 Å². The van der Waals surface area contributed by atoms with Gasteiger partial charge >= 0.3 is 0 Å². The summed E-state index contributed by atoms with van der Waals surface area (Å²) in [5.41, 5.74) is 7.95. The SMILES string of the molecule is CC(C)c1cc(CN)cc(OC2CCCCCC2)n1. The molecule has 3 heteroatoms. The molecule has 106 valence electrons. The van der Waals surface area contributed by atoms with Crippen LogP contribution in [0.3, 0.4) is 0 Å². The van der Waals surface area contributed by atoms with Gasteiger partial charge in [0.25, 0.3) is 0 Å². The fraction of sp³-hybridized carbons (Fsp3) is 0.688. The van der Waals surface area contributed by atoms with Crippen LogP contribution in [0.2, 0.25) is 0 Å². The molecule has 0 radical (unpaired) electrons. The van der Waals surface area contributed by atoms with Crippen molar-refractivity contribution in [3.63, 3.8) is 0 Å². The summed E-state index contributed by atoms with van der Waals surface area (Å²) in [6.45, 7) is 4.85. The molecule has 0 atom stereocenters. The lowest BCUT2D eigenvalue weighted by Gasteiger charge is -2.18. The van der Waals surface area contributed by atoms with E-state index in [1.807, 2.05) is 6.07 Å². The second kappa shape index (κ2) is 6.90. The van der Waals surface area contributed by atoms with E-state index in [0.717, 1.165) is 30.0 Å². The van der Waals surface area contributed by atoms with Gasteiger partial charge in [0.1, 0.15) is 6.10 Å². The Kier molecular flexibility index (Phi) is 5.20. The number of pyridine rings is 1. The molecule has 0 saturated heterocycles. The van der Waals surface area contributed by atoms with Crippen molar-refractivity contribution in [2.75, 3.05) is 0 Å². The lowest BCUT2D eigenvalue weighted by atomic mass is 10.1. The minimum absolute atomic E-state index is 0.336. The van der Waals surface area contributed by atoms with Crippen LogP contribution in [0, 0.1) is 0 Å². The van der Waals surface area contributed by atoms with E-state index < -0.39 is 0 Å². The van der Waals surface area contributed by atoms with E-state index >= 15 is 0 Å². The van der Waals surface area contributed by atoms with Crippen molar-refractivity contribution < 1.29 is 4.74 Å². The molecule has 0 amide bonds. The highest BCUT2D eigenvalue weighted by molar-refractivity contribution is 5.26. The van der Waals surface area contributed by atoms with Crippen LogP contribution < -0.4 is 10.5 Å². The second-order valence-corrected chi connectivity index (χ2v) is 5.83. The molecule has 1 aromatic heterocycles. The maximum absolute atomic E-state index is 6.10. The molecule has 0 aliphatic heterocycles. The minimum atomic E-state index is 0.336. The third-order valence-corrected chi connectivity index (χ3v) is 3.80. The molecule has 0 aromatic carbocycles. The summed E-state index contributed by atoms with van der Waals surface area (Å²) in [6, 6.07) is 4.08. The van der Waals surface area contributed by atoms with Crippen molar-refractivity contribution in [3.05, 3.63) is 23.4 Å². The maximum Gasteiger partial charge on any atom is 0.214 e. The average molecular weight is 262 g/mol. The summed E-state index contributed by atoms with van der Waals surface area (Å²) in [4.78, 5) is 4.63. The predicted molar refractivity (Wildman–Crippen MR) is 78.3 cm³/mol. The van der Waals surface area contributed by atoms with E-state index in [1.165, 1.54) is 25.7 Å². The van der Waals surface area contributed by atoms with Gasteiger partial charge in [0.2, 0.25) is 5.88 Å². The molecule has 0 bridgehead atoms. The Morgan fingerprint density at radius 1 is 1.21 bits per heavy atom. The molecule has 3 nitrogen and oxygen atoms in total. The van der Waals surface area contributed by atoms with Crippen LogP contribution in [0.4, 0.5) is 0 Å². The first-order valence-electron chi connectivity index (χ1n) is 7.56. The fourth-order valence-electron chi connectivity index (χ4n) is 2.59. The summed E-state index contributed by atoms with van der Waals surface area (Å²) in [5, 5.41) is 0. The maximum atomic E-state index is 6.10. The number of ether oxygens (including phenoxy) is 1. The molecule has 1 aromatic rings. The van der Waals surface area contributed by atoms with Gasteiger partial charge in [-0.2, -0.15) is 0 Å². The van der Waals surface area contributed by atoms with Crippen LogP contribution >= 0.6 is 0 Å². The van der Waals surface area contributed by atoms with E-state index in [1.54, 1.807) is 0 Å². The molecular formula is C16H26N2O. The molecule has 0 spiro atoms. The van der Waals surface area contributed by atoms with Gasteiger partial charge in [-0.3, -0.25) is 0 Å². The van der Waals surface area contributed by atoms with Crippen LogP contribution in [0.5, 0.6) is 5.88 Å². The van der Waals surface area contributed by atoms with Crippen LogP contribution in [-0.4, -0.2) is 11.1 Å². The molecule has 19 heavy (non-hydrogen) atoms. The van der Waals surface area contributed by atoms with Crippen molar-refractivity contribution in [2.45, 2.75) is 70.9 Å². The zero-order valence-electron chi connectivity index (χ0n) is 12.2. The zero-order chi connectivity index (χ0) is 13.7. The molecule has 1 heterocycles. The van der Waals surface area contributed by atoms with Crippen molar-refractivity contribution in [2.24, 2.45) is 5.73 Å². The van der Waals surface area contributed by atoms with Gasteiger partial charge < -0.3 is 10.5 Å². The second-order valence-electron chi connectivity index (χ2n) is 5.83. The Bertz CT molecular complexity index is 396. The van der Waals surface area contributed by atoms with E-state index in [-0.39, 0.29) is 0 Å². The van der Waals surface area contributed by atoms with Crippen molar-refractivity contribution >= 4 is 0 Å². The van der Waals surface area contributed by atoms with Gasteiger partial charge in [-0.1, -0.05) is 26.7 Å². The normalized spacial score (nSPS) is 17.5. The number of aromatic nitrogens is 1. The molecule has 1 aliphatic carbocycles. The first kappa shape index (κ1) is 14.3. The van der Waals surface area contributed by atoms with E-state index in [2.05, 4.69) is 24.9 Å². The largest absolute Gasteiger partial charge is 0.474 e. The molecule has 1 aliphatic rings. The monoisotopic (exact) mass is 262 g/mol. The summed E-state index contributed by atoms with van der Waals surface area (Å²) < 4.78 is 6.10. The summed E-state index contributed by atoms with van der Waals surface area (Å²) in [7, 11) is 0. The highest BCUT2D eigenvalue weighted by Crippen LogP contribution is 2.24. The Morgan fingerprint density at radius 3 is 2.47 bits per heavy atom. The number of rotatable bonds is 4. The van der Waals surface area contributed by atoms with Gasteiger partial charge in [-0.25, -0.2) is 4.98 Å². The van der Waals surface area contributed by atoms with Crippen molar-refractivity contribution in [1.29, 1.82) is 0 Å². The van der Waals surface area contributed by atoms with Gasteiger partial charge in [0, 0.05) is 18.3 Å². The predicted octanol–water partition coefficient (Wildman–Crippen LogP) is 3.77. The Labute approximate surface area is 116 Å². The summed E-state index contributed by atoms with van der Waals surface area (Å²) in [6.07, 6.45) is 7.89. The van der Waals surface area contributed by atoms with Crippen LogP contribution in [0.25, 0.3) is 0 Å². The third-order valence-electron chi connectivity index (χ3n) is 3.80. The van der Waals surface area contributed by atoms with Gasteiger partial charge in [-0.15, -0.1) is 0 Å². The number of nitrogens with zero attached hydrogens (tertiary/aromatic N) is 1. The topological polar surface area (TPSA) is 48.1 Å². The first-order valence-corrected chi connectivity index (χ1v) is 7.56.